The highest BCUT2D eigenvalue weighted by molar-refractivity contribution is 14.0. The molecule has 2 aliphatic rings. The number of aliphatic hydroxyl groups is 1. The molecule has 6 heteroatoms. The molecule has 0 radical (unpaired) electrons. The van der Waals surface area contributed by atoms with Gasteiger partial charge in [0.05, 0.1) is 6.10 Å². The molecular formula is C14H29IN4O. The Morgan fingerprint density at radius 3 is 2.55 bits per heavy atom. The Bertz CT molecular complexity index is 289. The second-order valence-electron chi connectivity index (χ2n) is 5.61. The molecule has 1 saturated carbocycles. The number of nitrogens with zero attached hydrogens (tertiary/aromatic N) is 2. The van der Waals surface area contributed by atoms with Crippen LogP contribution < -0.4 is 10.6 Å². The number of hydrogen-bond donors (Lipinski definition) is 3. The van der Waals surface area contributed by atoms with Crippen molar-refractivity contribution >= 4 is 29.9 Å². The van der Waals surface area contributed by atoms with Crippen molar-refractivity contribution in [3.05, 3.63) is 0 Å². The summed E-state index contributed by atoms with van der Waals surface area (Å²) in [6.07, 6.45) is 5.43. The lowest BCUT2D eigenvalue weighted by molar-refractivity contribution is 0.0824. The van der Waals surface area contributed by atoms with E-state index in [1.165, 1.54) is 12.8 Å². The lowest BCUT2D eigenvalue weighted by atomic mass is 10.1. The van der Waals surface area contributed by atoms with Crippen LogP contribution in [0, 0.1) is 0 Å². The van der Waals surface area contributed by atoms with Crippen molar-refractivity contribution in [2.24, 2.45) is 4.99 Å². The quantitative estimate of drug-likeness (QED) is 0.273. The SMILES string of the molecule is CCNC(=NCCCN1CCC(O)CC1)NC1CC1.I. The maximum Gasteiger partial charge on any atom is 0.191 e. The van der Waals surface area contributed by atoms with Crippen molar-refractivity contribution in [2.75, 3.05) is 32.7 Å². The van der Waals surface area contributed by atoms with Gasteiger partial charge in [0.1, 0.15) is 0 Å². The van der Waals surface area contributed by atoms with Gasteiger partial charge in [-0.1, -0.05) is 0 Å². The summed E-state index contributed by atoms with van der Waals surface area (Å²) < 4.78 is 0. The van der Waals surface area contributed by atoms with Crippen LogP contribution in [0.1, 0.15) is 39.0 Å². The number of halogens is 1. The molecule has 0 unspecified atom stereocenters. The minimum Gasteiger partial charge on any atom is -0.393 e. The van der Waals surface area contributed by atoms with Gasteiger partial charge in [0, 0.05) is 32.2 Å². The Hall–Kier alpha value is -0.0800. The van der Waals surface area contributed by atoms with E-state index in [1.54, 1.807) is 0 Å². The maximum absolute atomic E-state index is 9.46. The van der Waals surface area contributed by atoms with Crippen LogP contribution in [0.15, 0.2) is 4.99 Å². The average Bonchev–Trinajstić information content (AvgIpc) is 3.21. The minimum absolute atomic E-state index is 0. The molecule has 1 heterocycles. The van der Waals surface area contributed by atoms with Gasteiger partial charge in [-0.2, -0.15) is 0 Å². The molecule has 0 amide bonds. The normalized spacial score (nSPS) is 21.4. The van der Waals surface area contributed by atoms with Crippen LogP contribution in [0.3, 0.4) is 0 Å². The predicted octanol–water partition coefficient (Wildman–Crippen LogP) is 1.17. The first kappa shape index (κ1) is 18.0. The summed E-state index contributed by atoms with van der Waals surface area (Å²) in [5, 5.41) is 16.2. The Kier molecular flexibility index (Phi) is 8.79. The fourth-order valence-electron chi connectivity index (χ4n) is 2.37. The van der Waals surface area contributed by atoms with Crippen molar-refractivity contribution < 1.29 is 5.11 Å². The van der Waals surface area contributed by atoms with E-state index in [1.807, 2.05) is 0 Å². The van der Waals surface area contributed by atoms with Gasteiger partial charge in [0.2, 0.25) is 0 Å². The van der Waals surface area contributed by atoms with E-state index >= 15 is 0 Å². The largest absolute Gasteiger partial charge is 0.393 e. The molecule has 2 rings (SSSR count). The zero-order valence-electron chi connectivity index (χ0n) is 12.5. The van der Waals surface area contributed by atoms with Gasteiger partial charge in [0.25, 0.3) is 0 Å². The molecule has 0 aromatic heterocycles. The average molecular weight is 396 g/mol. The van der Waals surface area contributed by atoms with Crippen LogP contribution >= 0.6 is 24.0 Å². The summed E-state index contributed by atoms with van der Waals surface area (Å²) in [6, 6.07) is 0.654. The molecule has 3 N–H and O–H groups in total. The standard InChI is InChI=1S/C14H28N4O.HI/c1-2-15-14(17-12-4-5-12)16-8-3-9-18-10-6-13(19)7-11-18;/h12-13,19H,2-11H2,1H3,(H2,15,16,17);1H. The molecule has 5 nitrogen and oxygen atoms in total. The number of aliphatic hydroxyl groups excluding tert-OH is 1. The summed E-state index contributed by atoms with van der Waals surface area (Å²) in [5.74, 6) is 0.971. The Labute approximate surface area is 139 Å². The number of likely N-dealkylation sites (tertiary alicyclic amines) is 1. The van der Waals surface area contributed by atoms with Crippen LogP contribution in [-0.4, -0.2) is 60.8 Å². The van der Waals surface area contributed by atoms with Crippen LogP contribution in [0.4, 0.5) is 0 Å². The molecule has 2 fully saturated rings. The van der Waals surface area contributed by atoms with Crippen LogP contribution in [-0.2, 0) is 0 Å². The molecule has 0 aromatic carbocycles. The van der Waals surface area contributed by atoms with Crippen molar-refractivity contribution in [3.8, 4) is 0 Å². The van der Waals surface area contributed by atoms with E-state index in [9.17, 15) is 5.11 Å². The van der Waals surface area contributed by atoms with Gasteiger partial charge in [-0.05, 0) is 45.6 Å². The first-order valence-electron chi connectivity index (χ1n) is 7.73. The third kappa shape index (κ3) is 7.08. The summed E-state index contributed by atoms with van der Waals surface area (Å²) >= 11 is 0. The molecule has 118 valence electrons. The lowest BCUT2D eigenvalue weighted by Gasteiger charge is -2.29. The second kappa shape index (κ2) is 9.78. The van der Waals surface area contributed by atoms with Gasteiger partial charge in [0.15, 0.2) is 5.96 Å². The first-order valence-corrected chi connectivity index (χ1v) is 7.73. The molecule has 0 spiro atoms. The van der Waals surface area contributed by atoms with Crippen molar-refractivity contribution in [1.29, 1.82) is 0 Å². The molecule has 0 bridgehead atoms. The highest BCUT2D eigenvalue weighted by atomic mass is 127. The van der Waals surface area contributed by atoms with E-state index in [4.69, 9.17) is 0 Å². The Morgan fingerprint density at radius 2 is 1.95 bits per heavy atom. The third-order valence-electron chi connectivity index (χ3n) is 3.72. The zero-order valence-corrected chi connectivity index (χ0v) is 14.8. The molecule has 1 aliphatic carbocycles. The van der Waals surface area contributed by atoms with Gasteiger partial charge in [-0.15, -0.1) is 24.0 Å². The highest BCUT2D eigenvalue weighted by Gasteiger charge is 2.22. The minimum atomic E-state index is -0.0719. The van der Waals surface area contributed by atoms with E-state index in [0.29, 0.717) is 6.04 Å². The van der Waals surface area contributed by atoms with Crippen LogP contribution in [0.2, 0.25) is 0 Å². The van der Waals surface area contributed by atoms with E-state index in [2.05, 4.69) is 27.4 Å². The highest BCUT2D eigenvalue weighted by Crippen LogP contribution is 2.18. The van der Waals surface area contributed by atoms with Gasteiger partial charge in [-0.3, -0.25) is 4.99 Å². The smallest absolute Gasteiger partial charge is 0.191 e. The monoisotopic (exact) mass is 396 g/mol. The summed E-state index contributed by atoms with van der Waals surface area (Å²) in [4.78, 5) is 7.05. The van der Waals surface area contributed by atoms with E-state index in [-0.39, 0.29) is 30.1 Å². The second-order valence-corrected chi connectivity index (χ2v) is 5.61. The molecule has 1 aliphatic heterocycles. The predicted molar refractivity (Wildman–Crippen MR) is 93.8 cm³/mol. The number of piperidine rings is 1. The lowest BCUT2D eigenvalue weighted by Crippen LogP contribution is -2.39. The molecular weight excluding hydrogens is 367 g/mol. The molecule has 20 heavy (non-hydrogen) atoms. The van der Waals surface area contributed by atoms with Crippen LogP contribution in [0.25, 0.3) is 0 Å². The number of guanidine groups is 1. The topological polar surface area (TPSA) is 59.9 Å². The first-order chi connectivity index (χ1) is 9.28. The fraction of sp³-hybridized carbons (Fsp3) is 0.929. The zero-order chi connectivity index (χ0) is 13.5. The van der Waals surface area contributed by atoms with Gasteiger partial charge in [-0.25, -0.2) is 0 Å². The number of aliphatic imine (C=N–C) groups is 1. The van der Waals surface area contributed by atoms with E-state index in [0.717, 1.165) is 57.9 Å². The van der Waals surface area contributed by atoms with Crippen molar-refractivity contribution in [3.63, 3.8) is 0 Å². The third-order valence-corrected chi connectivity index (χ3v) is 3.72. The fourth-order valence-corrected chi connectivity index (χ4v) is 2.37. The van der Waals surface area contributed by atoms with Crippen molar-refractivity contribution in [1.82, 2.24) is 15.5 Å². The number of hydrogen-bond acceptors (Lipinski definition) is 3. The summed E-state index contributed by atoms with van der Waals surface area (Å²) in [6.45, 7) is 7.06. The number of nitrogens with one attached hydrogen (secondary N) is 2. The Morgan fingerprint density at radius 1 is 1.25 bits per heavy atom. The van der Waals surface area contributed by atoms with Gasteiger partial charge < -0.3 is 20.6 Å². The molecule has 0 atom stereocenters. The van der Waals surface area contributed by atoms with Crippen molar-refractivity contribution in [2.45, 2.75) is 51.2 Å². The van der Waals surface area contributed by atoms with Gasteiger partial charge >= 0.3 is 0 Å². The van der Waals surface area contributed by atoms with E-state index < -0.39 is 0 Å². The maximum atomic E-state index is 9.46. The molecule has 1 saturated heterocycles. The Balaban J connectivity index is 0.00000200. The van der Waals surface area contributed by atoms with Crippen LogP contribution in [0.5, 0.6) is 0 Å². The summed E-state index contributed by atoms with van der Waals surface area (Å²) in [5.41, 5.74) is 0. The number of rotatable bonds is 6. The summed E-state index contributed by atoms with van der Waals surface area (Å²) in [7, 11) is 0. The molecule has 0 aromatic rings.